The largest absolute Gasteiger partial charge is 0.424 e. The molecule has 5 heteroatoms. The fourth-order valence-corrected chi connectivity index (χ4v) is 4.96. The SMILES string of the molecule is c1ccc(-c2cccc(Oc3ncc(C4CCNCC4OCc4ccc5ccccc5c4)cn3)c2)cc1. The van der Waals surface area contributed by atoms with Gasteiger partial charge in [-0.3, -0.25) is 0 Å². The summed E-state index contributed by atoms with van der Waals surface area (Å²) in [5.41, 5.74) is 4.50. The van der Waals surface area contributed by atoms with E-state index in [2.05, 4.69) is 75.9 Å². The van der Waals surface area contributed by atoms with Crippen molar-refractivity contribution in [2.24, 2.45) is 0 Å². The van der Waals surface area contributed by atoms with E-state index in [0.717, 1.165) is 36.2 Å². The molecule has 1 aliphatic rings. The fourth-order valence-electron chi connectivity index (χ4n) is 4.96. The lowest BCUT2D eigenvalue weighted by Gasteiger charge is -2.32. The first kappa shape index (κ1) is 23.3. The minimum Gasteiger partial charge on any atom is -0.424 e. The van der Waals surface area contributed by atoms with Crippen LogP contribution in [-0.4, -0.2) is 29.2 Å². The summed E-state index contributed by atoms with van der Waals surface area (Å²) in [4.78, 5) is 9.06. The second-order valence-corrected chi connectivity index (χ2v) is 9.43. The van der Waals surface area contributed by atoms with Crippen LogP contribution in [0.3, 0.4) is 0 Å². The summed E-state index contributed by atoms with van der Waals surface area (Å²) in [6.45, 7) is 2.33. The van der Waals surface area contributed by atoms with Crippen LogP contribution in [0.1, 0.15) is 23.5 Å². The van der Waals surface area contributed by atoms with Crippen LogP contribution >= 0.6 is 0 Å². The van der Waals surface area contributed by atoms with Gasteiger partial charge in [0.1, 0.15) is 5.75 Å². The van der Waals surface area contributed by atoms with Gasteiger partial charge < -0.3 is 14.8 Å². The third-order valence-electron chi connectivity index (χ3n) is 6.93. The van der Waals surface area contributed by atoms with Crippen molar-refractivity contribution in [3.05, 3.63) is 121 Å². The van der Waals surface area contributed by atoms with Gasteiger partial charge >= 0.3 is 6.01 Å². The third kappa shape index (κ3) is 5.53. The predicted octanol–water partition coefficient (Wildman–Crippen LogP) is 6.75. The number of ether oxygens (including phenoxy) is 2. The number of piperidine rings is 1. The molecule has 1 aromatic heterocycles. The summed E-state index contributed by atoms with van der Waals surface area (Å²) in [6, 6.07) is 33.5. The minimum atomic E-state index is 0.0538. The van der Waals surface area contributed by atoms with Crippen molar-refractivity contribution in [2.45, 2.75) is 25.0 Å². The van der Waals surface area contributed by atoms with Crippen LogP contribution in [0.15, 0.2) is 109 Å². The first-order valence-corrected chi connectivity index (χ1v) is 12.8. The molecule has 0 saturated carbocycles. The number of hydrogen-bond acceptors (Lipinski definition) is 5. The Morgan fingerprint density at radius 2 is 1.54 bits per heavy atom. The molecule has 1 N–H and O–H groups in total. The maximum absolute atomic E-state index is 6.42. The topological polar surface area (TPSA) is 56.3 Å². The molecule has 0 amide bonds. The van der Waals surface area contributed by atoms with E-state index in [0.29, 0.717) is 18.4 Å². The molecule has 0 aliphatic carbocycles. The summed E-state index contributed by atoms with van der Waals surface area (Å²) in [5, 5.41) is 5.95. The van der Waals surface area contributed by atoms with Crippen LogP contribution in [0.5, 0.6) is 11.8 Å². The van der Waals surface area contributed by atoms with Gasteiger partial charge in [0.05, 0.1) is 12.7 Å². The Balaban J connectivity index is 1.12. The number of benzene rings is 4. The maximum Gasteiger partial charge on any atom is 0.321 e. The molecule has 2 unspecified atom stereocenters. The smallest absolute Gasteiger partial charge is 0.321 e. The molecule has 5 nitrogen and oxygen atoms in total. The van der Waals surface area contributed by atoms with Crippen LogP contribution in [0.25, 0.3) is 21.9 Å². The van der Waals surface area contributed by atoms with Gasteiger partial charge in [-0.05, 0) is 64.2 Å². The Hall–Kier alpha value is -4.06. The molecule has 6 rings (SSSR count). The summed E-state index contributed by atoms with van der Waals surface area (Å²) in [6.07, 6.45) is 4.79. The van der Waals surface area contributed by atoms with Crippen LogP contribution in [0.4, 0.5) is 0 Å². The van der Waals surface area contributed by atoms with Crippen molar-refractivity contribution in [2.75, 3.05) is 13.1 Å². The van der Waals surface area contributed by atoms with Crippen molar-refractivity contribution in [3.8, 4) is 22.9 Å². The van der Waals surface area contributed by atoms with Crippen molar-refractivity contribution < 1.29 is 9.47 Å². The van der Waals surface area contributed by atoms with Gasteiger partial charge in [-0.2, -0.15) is 0 Å². The Morgan fingerprint density at radius 3 is 2.41 bits per heavy atom. The van der Waals surface area contributed by atoms with Crippen molar-refractivity contribution in [3.63, 3.8) is 0 Å². The number of nitrogens with zero attached hydrogens (tertiary/aromatic N) is 2. The minimum absolute atomic E-state index is 0.0538. The normalized spacial score (nSPS) is 17.5. The first-order valence-electron chi connectivity index (χ1n) is 12.8. The predicted molar refractivity (Wildman–Crippen MR) is 147 cm³/mol. The average molecular weight is 488 g/mol. The van der Waals surface area contributed by atoms with Crippen molar-refractivity contribution in [1.82, 2.24) is 15.3 Å². The number of nitrogens with one attached hydrogen (secondary N) is 1. The van der Waals surface area contributed by atoms with Gasteiger partial charge in [-0.25, -0.2) is 9.97 Å². The molecule has 5 aromatic rings. The fraction of sp³-hybridized carbons (Fsp3) is 0.188. The quantitative estimate of drug-likeness (QED) is 0.275. The second kappa shape index (κ2) is 10.9. The van der Waals surface area contributed by atoms with Crippen LogP contribution < -0.4 is 10.1 Å². The Kier molecular flexibility index (Phi) is 6.88. The molecule has 37 heavy (non-hydrogen) atoms. The van der Waals surface area contributed by atoms with Gasteiger partial charge in [0.15, 0.2) is 0 Å². The maximum atomic E-state index is 6.42. The molecule has 2 atom stereocenters. The molecule has 1 saturated heterocycles. The molecular formula is C32H29N3O2. The van der Waals surface area contributed by atoms with E-state index in [1.165, 1.54) is 16.3 Å². The molecule has 1 aliphatic heterocycles. The Labute approximate surface area is 217 Å². The van der Waals surface area contributed by atoms with Gasteiger partial charge in [0.2, 0.25) is 0 Å². The highest BCUT2D eigenvalue weighted by Crippen LogP contribution is 2.30. The Morgan fingerprint density at radius 1 is 0.757 bits per heavy atom. The molecular weight excluding hydrogens is 458 g/mol. The third-order valence-corrected chi connectivity index (χ3v) is 6.93. The van der Waals surface area contributed by atoms with E-state index in [1.54, 1.807) is 0 Å². The van der Waals surface area contributed by atoms with Crippen LogP contribution in [-0.2, 0) is 11.3 Å². The highest BCUT2D eigenvalue weighted by Gasteiger charge is 2.28. The lowest BCUT2D eigenvalue weighted by molar-refractivity contribution is 0.0105. The number of rotatable bonds is 7. The van der Waals surface area contributed by atoms with E-state index in [9.17, 15) is 0 Å². The highest BCUT2D eigenvalue weighted by atomic mass is 16.5. The number of hydrogen-bond donors (Lipinski definition) is 1. The highest BCUT2D eigenvalue weighted by molar-refractivity contribution is 5.82. The number of fused-ring (bicyclic) bond motifs is 1. The lowest BCUT2D eigenvalue weighted by Crippen LogP contribution is -2.41. The first-order chi connectivity index (χ1) is 18.3. The summed E-state index contributed by atoms with van der Waals surface area (Å²) < 4.78 is 12.4. The van der Waals surface area contributed by atoms with Gasteiger partial charge in [0, 0.05) is 24.9 Å². The van der Waals surface area contributed by atoms with Crippen molar-refractivity contribution in [1.29, 1.82) is 0 Å². The summed E-state index contributed by atoms with van der Waals surface area (Å²) in [7, 11) is 0. The molecule has 2 heterocycles. The molecule has 184 valence electrons. The zero-order chi connectivity index (χ0) is 24.9. The molecule has 4 aromatic carbocycles. The van der Waals surface area contributed by atoms with Crippen LogP contribution in [0.2, 0.25) is 0 Å². The zero-order valence-corrected chi connectivity index (χ0v) is 20.6. The van der Waals surface area contributed by atoms with E-state index in [1.807, 2.05) is 48.8 Å². The van der Waals surface area contributed by atoms with E-state index < -0.39 is 0 Å². The summed E-state index contributed by atoms with van der Waals surface area (Å²) in [5.74, 6) is 0.949. The molecule has 0 spiro atoms. The number of aromatic nitrogens is 2. The van der Waals surface area contributed by atoms with E-state index >= 15 is 0 Å². The monoisotopic (exact) mass is 487 g/mol. The van der Waals surface area contributed by atoms with Crippen LogP contribution in [0, 0.1) is 0 Å². The van der Waals surface area contributed by atoms with E-state index in [-0.39, 0.29) is 12.0 Å². The molecule has 0 radical (unpaired) electrons. The van der Waals surface area contributed by atoms with Gasteiger partial charge in [-0.1, -0.05) is 78.9 Å². The van der Waals surface area contributed by atoms with Gasteiger partial charge in [0.25, 0.3) is 0 Å². The zero-order valence-electron chi connectivity index (χ0n) is 20.6. The molecule has 0 bridgehead atoms. The second-order valence-electron chi connectivity index (χ2n) is 9.43. The average Bonchev–Trinajstić information content (AvgIpc) is 2.97. The van der Waals surface area contributed by atoms with Crippen molar-refractivity contribution >= 4 is 10.8 Å². The van der Waals surface area contributed by atoms with E-state index in [4.69, 9.17) is 9.47 Å². The van der Waals surface area contributed by atoms with Gasteiger partial charge in [-0.15, -0.1) is 0 Å². The lowest BCUT2D eigenvalue weighted by atomic mass is 9.89. The molecule has 1 fully saturated rings. The summed E-state index contributed by atoms with van der Waals surface area (Å²) >= 11 is 0. The standard InChI is InChI=1S/C32H29N3O2/c1-2-7-24(8-3-1)27-11-6-12-29(18-27)37-32-34-19-28(20-35-32)30-15-16-33-21-31(30)36-22-23-13-14-25-9-4-5-10-26(25)17-23/h1-14,17-20,30-31,33H,15-16,21-22H2. The Bertz CT molecular complexity index is 1470.